The van der Waals surface area contributed by atoms with Crippen LogP contribution in [0.4, 0.5) is 0 Å². The highest BCUT2D eigenvalue weighted by atomic mass is 35.5. The third-order valence-corrected chi connectivity index (χ3v) is 3.69. The third-order valence-electron chi connectivity index (χ3n) is 3.46. The second-order valence-electron chi connectivity index (χ2n) is 5.33. The minimum Gasteiger partial charge on any atom is -0.248 e. The summed E-state index contributed by atoms with van der Waals surface area (Å²) in [7, 11) is 0. The molecule has 3 rings (SSSR count). The van der Waals surface area contributed by atoms with Gasteiger partial charge in [-0.3, -0.25) is 0 Å². The van der Waals surface area contributed by atoms with Crippen LogP contribution in [-0.4, -0.2) is 4.98 Å². The number of halogens is 1. The smallest absolute Gasteiger partial charge is 0.0724 e. The Morgan fingerprint density at radius 1 is 1.21 bits per heavy atom. The Kier molecular flexibility index (Phi) is 3.16. The highest BCUT2D eigenvalue weighted by Crippen LogP contribution is 2.28. The van der Waals surface area contributed by atoms with E-state index in [1.807, 2.05) is 18.2 Å². The van der Waals surface area contributed by atoms with Crippen LogP contribution in [0.1, 0.15) is 26.0 Å². The summed E-state index contributed by atoms with van der Waals surface area (Å²) in [6.07, 6.45) is 5.67. The van der Waals surface area contributed by atoms with Gasteiger partial charge in [0.1, 0.15) is 0 Å². The molecule has 1 atom stereocenters. The highest BCUT2D eigenvalue weighted by molar-refractivity contribution is 6.31. The first-order chi connectivity index (χ1) is 9.11. The largest absolute Gasteiger partial charge is 0.248 e. The molecule has 0 radical (unpaired) electrons. The van der Waals surface area contributed by atoms with Gasteiger partial charge in [-0.15, -0.1) is 0 Å². The fourth-order valence-corrected chi connectivity index (χ4v) is 2.82. The van der Waals surface area contributed by atoms with E-state index in [0.717, 1.165) is 28.0 Å². The maximum atomic E-state index is 6.04. The van der Waals surface area contributed by atoms with Crippen LogP contribution in [0.15, 0.2) is 48.1 Å². The Labute approximate surface area is 118 Å². The van der Waals surface area contributed by atoms with E-state index in [2.05, 4.69) is 38.1 Å². The highest BCUT2D eigenvalue weighted by Gasteiger charge is 2.11. The van der Waals surface area contributed by atoms with Gasteiger partial charge in [-0.1, -0.05) is 48.4 Å². The van der Waals surface area contributed by atoms with Gasteiger partial charge in [-0.05, 0) is 43.0 Å². The van der Waals surface area contributed by atoms with Crippen molar-refractivity contribution in [2.75, 3.05) is 0 Å². The summed E-state index contributed by atoms with van der Waals surface area (Å²) in [6.45, 7) is 4.43. The Bertz CT molecular complexity index is 697. The normalized spacial score (nSPS) is 19.2. The number of hydrogen-bond donors (Lipinski definition) is 0. The average molecular weight is 270 g/mol. The van der Waals surface area contributed by atoms with Crippen molar-refractivity contribution in [3.8, 4) is 0 Å². The molecule has 0 amide bonds. The maximum Gasteiger partial charge on any atom is 0.0724 e. The van der Waals surface area contributed by atoms with Gasteiger partial charge in [0.2, 0.25) is 0 Å². The van der Waals surface area contributed by atoms with E-state index in [0.29, 0.717) is 5.92 Å². The molecule has 19 heavy (non-hydrogen) atoms. The third kappa shape index (κ3) is 2.57. The summed E-state index contributed by atoms with van der Waals surface area (Å²) >= 11 is 6.04. The van der Waals surface area contributed by atoms with E-state index in [4.69, 9.17) is 16.6 Å². The first-order valence-electron chi connectivity index (χ1n) is 6.57. The van der Waals surface area contributed by atoms with E-state index in [-0.39, 0.29) is 0 Å². The van der Waals surface area contributed by atoms with Crippen LogP contribution in [0.5, 0.6) is 0 Å². The zero-order valence-electron chi connectivity index (χ0n) is 11.2. The van der Waals surface area contributed by atoms with Gasteiger partial charge in [0.25, 0.3) is 0 Å². The van der Waals surface area contributed by atoms with Crippen LogP contribution in [0.2, 0.25) is 5.02 Å². The van der Waals surface area contributed by atoms with Crippen molar-refractivity contribution in [1.82, 2.24) is 4.98 Å². The number of pyridine rings is 1. The van der Waals surface area contributed by atoms with Crippen molar-refractivity contribution in [2.24, 2.45) is 5.92 Å². The quantitative estimate of drug-likeness (QED) is 0.688. The van der Waals surface area contributed by atoms with Crippen LogP contribution in [0.3, 0.4) is 0 Å². The van der Waals surface area contributed by atoms with Crippen LogP contribution in [-0.2, 0) is 0 Å². The molecule has 1 aliphatic carbocycles. The first-order valence-corrected chi connectivity index (χ1v) is 6.95. The Morgan fingerprint density at radius 2 is 2.00 bits per heavy atom. The summed E-state index contributed by atoms with van der Waals surface area (Å²) in [5.74, 6) is 0.580. The molecule has 1 aromatic heterocycles. The predicted molar refractivity (Wildman–Crippen MR) is 82.3 cm³/mol. The SMILES string of the molecule is CC1=CC(c2ccc3ccc(Cl)cc3n2)=CC(C)C1. The van der Waals surface area contributed by atoms with Crippen molar-refractivity contribution in [3.05, 3.63) is 58.8 Å². The lowest BCUT2D eigenvalue weighted by Gasteiger charge is -2.16. The van der Waals surface area contributed by atoms with E-state index >= 15 is 0 Å². The van der Waals surface area contributed by atoms with Crippen LogP contribution < -0.4 is 0 Å². The maximum absolute atomic E-state index is 6.04. The molecule has 1 nitrogen and oxygen atoms in total. The van der Waals surface area contributed by atoms with E-state index in [9.17, 15) is 0 Å². The van der Waals surface area contributed by atoms with Crippen molar-refractivity contribution >= 4 is 28.1 Å². The number of allylic oxidation sites excluding steroid dienone is 4. The number of rotatable bonds is 1. The predicted octanol–water partition coefficient (Wildman–Crippen LogP) is 5.26. The molecule has 0 N–H and O–H groups in total. The summed E-state index contributed by atoms with van der Waals surface area (Å²) in [6, 6.07) is 10.0. The molecule has 1 unspecified atom stereocenters. The minimum absolute atomic E-state index is 0.580. The van der Waals surface area contributed by atoms with Gasteiger partial charge in [0, 0.05) is 10.4 Å². The molecule has 0 fully saturated rings. The van der Waals surface area contributed by atoms with Gasteiger partial charge in [-0.2, -0.15) is 0 Å². The molecule has 0 spiro atoms. The number of nitrogens with zero attached hydrogens (tertiary/aromatic N) is 1. The standard InChI is InChI=1S/C17H16ClN/c1-11-7-12(2)9-14(8-11)16-6-4-13-3-5-15(18)10-17(13)19-16/h3-6,8-11H,7H2,1-2H3. The summed E-state index contributed by atoms with van der Waals surface area (Å²) < 4.78 is 0. The van der Waals surface area contributed by atoms with E-state index < -0.39 is 0 Å². The second-order valence-corrected chi connectivity index (χ2v) is 5.76. The van der Waals surface area contributed by atoms with Gasteiger partial charge in [0.05, 0.1) is 11.2 Å². The molecule has 1 aliphatic rings. The average Bonchev–Trinajstić information content (AvgIpc) is 2.36. The van der Waals surface area contributed by atoms with Crippen LogP contribution >= 0.6 is 11.6 Å². The minimum atomic E-state index is 0.580. The fraction of sp³-hybridized carbons (Fsp3) is 0.235. The molecular weight excluding hydrogens is 254 g/mol. The lowest BCUT2D eigenvalue weighted by molar-refractivity contribution is 0.710. The van der Waals surface area contributed by atoms with Crippen molar-refractivity contribution in [1.29, 1.82) is 0 Å². The summed E-state index contributed by atoms with van der Waals surface area (Å²) in [5.41, 5.74) is 4.62. The van der Waals surface area contributed by atoms with Gasteiger partial charge in [-0.25, -0.2) is 4.98 Å². The number of aromatic nitrogens is 1. The lowest BCUT2D eigenvalue weighted by atomic mass is 9.91. The molecule has 2 aromatic rings. The Hall–Kier alpha value is -1.60. The molecule has 0 aliphatic heterocycles. The molecule has 0 bridgehead atoms. The van der Waals surface area contributed by atoms with E-state index in [1.165, 1.54) is 11.1 Å². The number of fused-ring (bicyclic) bond motifs is 1. The summed E-state index contributed by atoms with van der Waals surface area (Å²) in [5, 5.41) is 1.85. The van der Waals surface area contributed by atoms with E-state index in [1.54, 1.807) is 0 Å². The van der Waals surface area contributed by atoms with Crippen molar-refractivity contribution < 1.29 is 0 Å². The van der Waals surface area contributed by atoms with Crippen molar-refractivity contribution in [3.63, 3.8) is 0 Å². The molecule has 96 valence electrons. The molecule has 2 heteroatoms. The topological polar surface area (TPSA) is 12.9 Å². The first kappa shape index (κ1) is 12.4. The number of benzene rings is 1. The Balaban J connectivity index is 2.11. The number of hydrogen-bond acceptors (Lipinski definition) is 1. The van der Waals surface area contributed by atoms with Gasteiger partial charge in [0.15, 0.2) is 0 Å². The molecule has 0 saturated heterocycles. The van der Waals surface area contributed by atoms with Crippen molar-refractivity contribution in [2.45, 2.75) is 20.3 Å². The van der Waals surface area contributed by atoms with Gasteiger partial charge >= 0.3 is 0 Å². The molecule has 1 aromatic carbocycles. The molecular formula is C17H16ClN. The zero-order chi connectivity index (χ0) is 13.4. The monoisotopic (exact) mass is 269 g/mol. The van der Waals surface area contributed by atoms with Crippen LogP contribution in [0.25, 0.3) is 16.5 Å². The van der Waals surface area contributed by atoms with Crippen LogP contribution in [0, 0.1) is 5.92 Å². The summed E-state index contributed by atoms with van der Waals surface area (Å²) in [4.78, 5) is 4.73. The lowest BCUT2D eigenvalue weighted by Crippen LogP contribution is -2.00. The van der Waals surface area contributed by atoms with Gasteiger partial charge < -0.3 is 0 Å². The second kappa shape index (κ2) is 4.82. The zero-order valence-corrected chi connectivity index (χ0v) is 11.9. The fourth-order valence-electron chi connectivity index (χ4n) is 2.66. The molecule has 0 saturated carbocycles. The Morgan fingerprint density at radius 3 is 2.79 bits per heavy atom. The molecule has 1 heterocycles.